The number of nitrogens with zero attached hydrogens (tertiary/aromatic N) is 1. The standard InChI is InChI=1S/C16H20N4O/c1-12(21)18-9-10-20-16-15(11-17)14(7-8-19-16)13-5-3-2-4-6-13/h2-8H,9-11,17H2,1H3,(H,18,21)(H,19,20). The average Bonchev–Trinajstić information content (AvgIpc) is 2.52. The molecule has 2 rings (SSSR count). The summed E-state index contributed by atoms with van der Waals surface area (Å²) in [5.41, 5.74) is 9.06. The van der Waals surface area contributed by atoms with Crippen LogP contribution in [0.4, 0.5) is 5.82 Å². The molecule has 0 spiro atoms. The van der Waals surface area contributed by atoms with Gasteiger partial charge in [-0.3, -0.25) is 4.79 Å². The third kappa shape index (κ3) is 4.03. The van der Waals surface area contributed by atoms with Crippen LogP contribution in [0, 0.1) is 0 Å². The van der Waals surface area contributed by atoms with E-state index in [-0.39, 0.29) is 5.91 Å². The van der Waals surface area contributed by atoms with E-state index in [1.165, 1.54) is 6.92 Å². The lowest BCUT2D eigenvalue weighted by atomic mass is 10.0. The molecule has 5 nitrogen and oxygen atoms in total. The van der Waals surface area contributed by atoms with E-state index in [9.17, 15) is 4.79 Å². The second kappa shape index (κ2) is 7.40. The van der Waals surface area contributed by atoms with Crippen LogP contribution in [0.25, 0.3) is 11.1 Å². The number of carbonyl (C=O) groups excluding carboxylic acids is 1. The quantitative estimate of drug-likeness (QED) is 0.706. The van der Waals surface area contributed by atoms with Gasteiger partial charge in [0, 0.05) is 38.3 Å². The molecule has 0 atom stereocenters. The number of pyridine rings is 1. The molecule has 1 heterocycles. The first-order chi connectivity index (χ1) is 10.2. The van der Waals surface area contributed by atoms with Crippen LogP contribution in [0.3, 0.4) is 0 Å². The van der Waals surface area contributed by atoms with Crippen molar-refractivity contribution in [3.05, 3.63) is 48.2 Å². The molecular formula is C16H20N4O. The number of hydrogen-bond donors (Lipinski definition) is 3. The summed E-state index contributed by atoms with van der Waals surface area (Å²) in [6.45, 7) is 3.06. The van der Waals surface area contributed by atoms with Crippen LogP contribution in [0.15, 0.2) is 42.6 Å². The highest BCUT2D eigenvalue weighted by Gasteiger charge is 2.09. The highest BCUT2D eigenvalue weighted by atomic mass is 16.1. The minimum absolute atomic E-state index is 0.0400. The number of amides is 1. The first-order valence-electron chi connectivity index (χ1n) is 6.94. The summed E-state index contributed by atoms with van der Waals surface area (Å²) in [7, 11) is 0. The van der Waals surface area contributed by atoms with E-state index in [1.807, 2.05) is 24.3 Å². The number of benzene rings is 1. The van der Waals surface area contributed by atoms with Crippen LogP contribution < -0.4 is 16.4 Å². The van der Waals surface area contributed by atoms with Crippen molar-refractivity contribution in [2.24, 2.45) is 5.73 Å². The molecule has 0 aliphatic rings. The maximum Gasteiger partial charge on any atom is 0.216 e. The van der Waals surface area contributed by atoms with E-state index in [1.54, 1.807) is 6.20 Å². The smallest absolute Gasteiger partial charge is 0.216 e. The summed E-state index contributed by atoms with van der Waals surface area (Å²) in [6, 6.07) is 12.1. The summed E-state index contributed by atoms with van der Waals surface area (Å²) >= 11 is 0. The fourth-order valence-electron chi connectivity index (χ4n) is 2.16. The third-order valence-electron chi connectivity index (χ3n) is 3.14. The molecule has 0 saturated carbocycles. The van der Waals surface area contributed by atoms with Crippen molar-refractivity contribution >= 4 is 11.7 Å². The fourth-order valence-corrected chi connectivity index (χ4v) is 2.16. The van der Waals surface area contributed by atoms with Gasteiger partial charge in [-0.05, 0) is 17.2 Å². The zero-order valence-electron chi connectivity index (χ0n) is 12.1. The second-order valence-electron chi connectivity index (χ2n) is 4.67. The molecular weight excluding hydrogens is 264 g/mol. The molecule has 0 unspecified atom stereocenters. The molecule has 0 aliphatic carbocycles. The van der Waals surface area contributed by atoms with Gasteiger partial charge in [0.05, 0.1) is 0 Å². The van der Waals surface area contributed by atoms with Gasteiger partial charge in [-0.15, -0.1) is 0 Å². The Labute approximate surface area is 124 Å². The van der Waals surface area contributed by atoms with E-state index in [4.69, 9.17) is 5.73 Å². The Morgan fingerprint density at radius 2 is 1.95 bits per heavy atom. The zero-order valence-corrected chi connectivity index (χ0v) is 12.1. The minimum Gasteiger partial charge on any atom is -0.368 e. The van der Waals surface area contributed by atoms with Crippen molar-refractivity contribution in [3.63, 3.8) is 0 Å². The number of rotatable bonds is 6. The van der Waals surface area contributed by atoms with Crippen molar-refractivity contribution in [3.8, 4) is 11.1 Å². The summed E-state index contributed by atoms with van der Waals surface area (Å²) < 4.78 is 0. The summed E-state index contributed by atoms with van der Waals surface area (Å²) in [4.78, 5) is 15.2. The molecule has 0 radical (unpaired) electrons. The summed E-state index contributed by atoms with van der Waals surface area (Å²) in [5, 5.41) is 5.96. The topological polar surface area (TPSA) is 80.0 Å². The van der Waals surface area contributed by atoms with Gasteiger partial charge in [0.1, 0.15) is 5.82 Å². The van der Waals surface area contributed by atoms with E-state index in [0.717, 1.165) is 22.5 Å². The van der Waals surface area contributed by atoms with Crippen molar-refractivity contribution in [1.82, 2.24) is 10.3 Å². The van der Waals surface area contributed by atoms with Crippen LogP contribution in [-0.2, 0) is 11.3 Å². The number of carbonyl (C=O) groups is 1. The maximum atomic E-state index is 10.8. The average molecular weight is 284 g/mol. The number of nitrogens with two attached hydrogens (primary N) is 1. The Morgan fingerprint density at radius 3 is 2.62 bits per heavy atom. The third-order valence-corrected chi connectivity index (χ3v) is 3.14. The molecule has 2 aromatic rings. The lowest BCUT2D eigenvalue weighted by Crippen LogP contribution is -2.26. The first kappa shape index (κ1) is 15.0. The predicted molar refractivity (Wildman–Crippen MR) is 84.7 cm³/mol. The highest BCUT2D eigenvalue weighted by molar-refractivity contribution is 5.73. The summed E-state index contributed by atoms with van der Waals surface area (Å²) in [6.07, 6.45) is 1.77. The van der Waals surface area contributed by atoms with E-state index in [2.05, 4.69) is 27.8 Å². The van der Waals surface area contributed by atoms with Crippen molar-refractivity contribution in [1.29, 1.82) is 0 Å². The molecule has 0 fully saturated rings. The first-order valence-corrected chi connectivity index (χ1v) is 6.94. The lowest BCUT2D eigenvalue weighted by Gasteiger charge is -2.14. The molecule has 0 bridgehead atoms. The summed E-state index contributed by atoms with van der Waals surface area (Å²) in [5.74, 6) is 0.728. The van der Waals surface area contributed by atoms with Gasteiger partial charge in [-0.2, -0.15) is 0 Å². The Kier molecular flexibility index (Phi) is 5.29. The number of hydrogen-bond acceptors (Lipinski definition) is 4. The highest BCUT2D eigenvalue weighted by Crippen LogP contribution is 2.27. The predicted octanol–water partition coefficient (Wildman–Crippen LogP) is 1.76. The zero-order chi connectivity index (χ0) is 15.1. The second-order valence-corrected chi connectivity index (χ2v) is 4.67. The van der Waals surface area contributed by atoms with E-state index in [0.29, 0.717) is 19.6 Å². The Hall–Kier alpha value is -2.40. The monoisotopic (exact) mass is 284 g/mol. The van der Waals surface area contributed by atoms with Gasteiger partial charge in [0.15, 0.2) is 0 Å². The number of aromatic nitrogens is 1. The van der Waals surface area contributed by atoms with Crippen LogP contribution in [0.5, 0.6) is 0 Å². The minimum atomic E-state index is -0.0400. The van der Waals surface area contributed by atoms with Crippen LogP contribution in [0.2, 0.25) is 0 Å². The molecule has 1 aromatic carbocycles. The maximum absolute atomic E-state index is 10.8. The SMILES string of the molecule is CC(=O)NCCNc1nccc(-c2ccccc2)c1CN. The van der Waals surface area contributed by atoms with Gasteiger partial charge >= 0.3 is 0 Å². The molecule has 0 aliphatic heterocycles. The van der Waals surface area contributed by atoms with Crippen LogP contribution >= 0.6 is 0 Å². The molecule has 1 aromatic heterocycles. The van der Waals surface area contributed by atoms with Gasteiger partial charge in [-0.25, -0.2) is 4.98 Å². The largest absolute Gasteiger partial charge is 0.368 e. The molecule has 1 amide bonds. The van der Waals surface area contributed by atoms with Crippen LogP contribution in [-0.4, -0.2) is 24.0 Å². The Bertz CT molecular complexity index is 598. The fraction of sp³-hybridized carbons (Fsp3) is 0.250. The van der Waals surface area contributed by atoms with E-state index >= 15 is 0 Å². The number of nitrogens with one attached hydrogen (secondary N) is 2. The van der Waals surface area contributed by atoms with Gasteiger partial charge in [0.2, 0.25) is 5.91 Å². The van der Waals surface area contributed by atoms with Crippen LogP contribution in [0.1, 0.15) is 12.5 Å². The Morgan fingerprint density at radius 1 is 1.19 bits per heavy atom. The molecule has 110 valence electrons. The molecule has 0 saturated heterocycles. The van der Waals surface area contributed by atoms with E-state index < -0.39 is 0 Å². The Balaban J connectivity index is 2.17. The van der Waals surface area contributed by atoms with Gasteiger partial charge in [-0.1, -0.05) is 30.3 Å². The molecule has 4 N–H and O–H groups in total. The lowest BCUT2D eigenvalue weighted by molar-refractivity contribution is -0.118. The van der Waals surface area contributed by atoms with Crippen molar-refractivity contribution < 1.29 is 4.79 Å². The van der Waals surface area contributed by atoms with Crippen molar-refractivity contribution in [2.45, 2.75) is 13.5 Å². The molecule has 21 heavy (non-hydrogen) atoms. The normalized spacial score (nSPS) is 10.2. The number of anilines is 1. The van der Waals surface area contributed by atoms with Gasteiger partial charge in [0.25, 0.3) is 0 Å². The molecule has 5 heteroatoms. The van der Waals surface area contributed by atoms with Crippen molar-refractivity contribution in [2.75, 3.05) is 18.4 Å². The van der Waals surface area contributed by atoms with Gasteiger partial charge < -0.3 is 16.4 Å².